The van der Waals surface area contributed by atoms with Gasteiger partial charge in [0, 0.05) is 23.3 Å². The monoisotopic (exact) mass is 313 g/mol. The number of hydrogen-bond donors (Lipinski definition) is 0. The van der Waals surface area contributed by atoms with E-state index >= 15 is 0 Å². The number of benzene rings is 3. The van der Waals surface area contributed by atoms with Crippen LogP contribution in [-0.4, -0.2) is 11.0 Å². The molecule has 1 aromatic heterocycles. The van der Waals surface area contributed by atoms with Gasteiger partial charge in [0.05, 0.1) is 11.0 Å². The lowest BCUT2D eigenvalue weighted by molar-refractivity contribution is -0.131. The van der Waals surface area contributed by atoms with Crippen LogP contribution in [0.3, 0.4) is 0 Å². The Balaban J connectivity index is 2.05. The topological polar surface area (TPSA) is 39.2 Å². The molecule has 0 atom stereocenters. The molecule has 24 heavy (non-hydrogen) atoms. The maximum atomic E-state index is 11.3. The summed E-state index contributed by atoms with van der Waals surface area (Å²) in [7, 11) is 0. The predicted molar refractivity (Wildman–Crippen MR) is 96.0 cm³/mol. The van der Waals surface area contributed by atoms with Gasteiger partial charge in [-0.1, -0.05) is 48.5 Å². The van der Waals surface area contributed by atoms with Crippen LogP contribution in [0, 0.1) is 0 Å². The molecule has 0 radical (unpaired) electrons. The summed E-state index contributed by atoms with van der Waals surface area (Å²) in [5.74, 6) is 0.224. The number of carbonyl (C=O) groups is 1. The van der Waals surface area contributed by atoms with Crippen molar-refractivity contribution in [2.75, 3.05) is 0 Å². The summed E-state index contributed by atoms with van der Waals surface area (Å²) < 4.78 is 5.25. The van der Waals surface area contributed by atoms with Crippen molar-refractivity contribution >= 4 is 27.8 Å². The molecule has 3 heteroatoms. The fourth-order valence-corrected chi connectivity index (χ4v) is 3.03. The molecule has 4 aromatic rings. The first-order chi connectivity index (χ1) is 11.7. The Hall–Kier alpha value is -3.20. The fraction of sp³-hybridized carbons (Fsp3) is 0.0476. The number of para-hydroxylation sites is 2. The zero-order valence-corrected chi connectivity index (χ0v) is 13.2. The number of pyridine rings is 1. The van der Waals surface area contributed by atoms with Crippen LogP contribution in [0.15, 0.2) is 72.8 Å². The second-order valence-corrected chi connectivity index (χ2v) is 5.64. The highest BCUT2D eigenvalue weighted by molar-refractivity contribution is 6.09. The van der Waals surface area contributed by atoms with Crippen LogP contribution in [0.5, 0.6) is 5.75 Å². The first-order valence-electron chi connectivity index (χ1n) is 7.79. The highest BCUT2D eigenvalue weighted by Gasteiger charge is 2.11. The van der Waals surface area contributed by atoms with E-state index in [9.17, 15) is 4.79 Å². The quantitative estimate of drug-likeness (QED) is 0.297. The van der Waals surface area contributed by atoms with E-state index < -0.39 is 0 Å². The van der Waals surface area contributed by atoms with E-state index in [1.165, 1.54) is 6.92 Å². The minimum Gasteiger partial charge on any atom is -0.427 e. The van der Waals surface area contributed by atoms with E-state index in [1.807, 2.05) is 54.6 Å². The van der Waals surface area contributed by atoms with E-state index in [2.05, 4.69) is 12.1 Å². The maximum absolute atomic E-state index is 11.3. The molecular weight excluding hydrogens is 298 g/mol. The molecule has 3 aromatic carbocycles. The van der Waals surface area contributed by atoms with Crippen molar-refractivity contribution in [1.82, 2.24) is 4.98 Å². The molecule has 0 bridgehead atoms. The average Bonchev–Trinajstić information content (AvgIpc) is 2.59. The normalized spacial score (nSPS) is 10.9. The lowest BCUT2D eigenvalue weighted by Crippen LogP contribution is -2.01. The van der Waals surface area contributed by atoms with E-state index in [1.54, 1.807) is 6.07 Å². The van der Waals surface area contributed by atoms with Crippen LogP contribution in [0.4, 0.5) is 0 Å². The van der Waals surface area contributed by atoms with Crippen molar-refractivity contribution in [3.05, 3.63) is 72.8 Å². The second-order valence-electron chi connectivity index (χ2n) is 5.64. The fourth-order valence-electron chi connectivity index (χ4n) is 3.03. The summed E-state index contributed by atoms with van der Waals surface area (Å²) in [6, 6.07) is 23.8. The third-order valence-corrected chi connectivity index (χ3v) is 3.97. The van der Waals surface area contributed by atoms with Crippen molar-refractivity contribution in [2.24, 2.45) is 0 Å². The molecule has 0 aliphatic rings. The Morgan fingerprint density at radius 1 is 0.833 bits per heavy atom. The number of carbonyl (C=O) groups excluding carboxylic acids is 1. The van der Waals surface area contributed by atoms with Crippen LogP contribution in [0.1, 0.15) is 6.92 Å². The Labute approximate surface area is 139 Å². The van der Waals surface area contributed by atoms with Crippen LogP contribution < -0.4 is 4.74 Å². The lowest BCUT2D eigenvalue weighted by atomic mass is 9.96. The number of esters is 1. The van der Waals surface area contributed by atoms with Gasteiger partial charge in [-0.15, -0.1) is 0 Å². The van der Waals surface area contributed by atoms with Crippen molar-refractivity contribution in [1.29, 1.82) is 0 Å². The van der Waals surface area contributed by atoms with Gasteiger partial charge < -0.3 is 4.74 Å². The molecule has 4 rings (SSSR count). The molecule has 3 nitrogen and oxygen atoms in total. The van der Waals surface area contributed by atoms with Crippen LogP contribution in [0.25, 0.3) is 32.9 Å². The Morgan fingerprint density at radius 3 is 2.08 bits per heavy atom. The summed E-state index contributed by atoms with van der Waals surface area (Å²) >= 11 is 0. The molecule has 0 saturated carbocycles. The minimum absolute atomic E-state index is 0.323. The van der Waals surface area contributed by atoms with Gasteiger partial charge in [0.1, 0.15) is 5.75 Å². The average molecular weight is 313 g/mol. The van der Waals surface area contributed by atoms with Gasteiger partial charge in [-0.3, -0.25) is 4.79 Å². The Bertz CT molecular complexity index is 1020. The third kappa shape index (κ3) is 2.50. The van der Waals surface area contributed by atoms with Crippen molar-refractivity contribution in [3.8, 4) is 16.9 Å². The Kier molecular flexibility index (Phi) is 3.47. The van der Waals surface area contributed by atoms with Crippen LogP contribution >= 0.6 is 0 Å². The summed E-state index contributed by atoms with van der Waals surface area (Å²) in [5.41, 5.74) is 4.00. The van der Waals surface area contributed by atoms with Crippen LogP contribution in [-0.2, 0) is 4.79 Å². The maximum Gasteiger partial charge on any atom is 0.308 e. The van der Waals surface area contributed by atoms with Gasteiger partial charge >= 0.3 is 5.97 Å². The van der Waals surface area contributed by atoms with Gasteiger partial charge in [-0.25, -0.2) is 4.98 Å². The number of aromatic nitrogens is 1. The summed E-state index contributed by atoms with van der Waals surface area (Å²) in [4.78, 5) is 16.0. The SMILES string of the molecule is CC(=O)Oc1cccc(-c2c3ccccc3nc3ccccc23)c1. The van der Waals surface area contributed by atoms with E-state index in [0.29, 0.717) is 5.75 Å². The van der Waals surface area contributed by atoms with E-state index in [4.69, 9.17) is 9.72 Å². The van der Waals surface area contributed by atoms with Gasteiger partial charge in [0.15, 0.2) is 0 Å². The molecule has 0 amide bonds. The second kappa shape index (κ2) is 5.78. The number of nitrogens with zero attached hydrogens (tertiary/aromatic N) is 1. The van der Waals surface area contributed by atoms with Gasteiger partial charge in [0.2, 0.25) is 0 Å². The first kappa shape index (κ1) is 14.4. The molecule has 116 valence electrons. The standard InChI is InChI=1S/C21H15NO2/c1-14(23)24-16-8-6-7-15(13-16)21-17-9-2-4-11-19(17)22-20-12-5-3-10-18(20)21/h2-13H,1H3. The zero-order chi connectivity index (χ0) is 16.5. The molecule has 0 spiro atoms. The number of fused-ring (bicyclic) bond motifs is 2. The zero-order valence-electron chi connectivity index (χ0n) is 13.2. The first-order valence-corrected chi connectivity index (χ1v) is 7.79. The molecule has 0 unspecified atom stereocenters. The van der Waals surface area contributed by atoms with E-state index in [-0.39, 0.29) is 5.97 Å². The summed E-state index contributed by atoms with van der Waals surface area (Å²) in [6.07, 6.45) is 0. The van der Waals surface area contributed by atoms with Crippen LogP contribution in [0.2, 0.25) is 0 Å². The van der Waals surface area contributed by atoms with Gasteiger partial charge in [0.25, 0.3) is 0 Å². The summed E-state index contributed by atoms with van der Waals surface area (Å²) in [6.45, 7) is 1.41. The molecule has 0 aliphatic heterocycles. The molecular formula is C21H15NO2. The van der Waals surface area contributed by atoms with Gasteiger partial charge in [-0.2, -0.15) is 0 Å². The minimum atomic E-state index is -0.323. The predicted octanol–water partition coefficient (Wildman–Crippen LogP) is 4.98. The largest absolute Gasteiger partial charge is 0.427 e. The highest BCUT2D eigenvalue weighted by Crippen LogP contribution is 2.35. The number of hydrogen-bond acceptors (Lipinski definition) is 3. The number of ether oxygens (including phenoxy) is 1. The van der Waals surface area contributed by atoms with Crippen molar-refractivity contribution < 1.29 is 9.53 Å². The van der Waals surface area contributed by atoms with Crippen molar-refractivity contribution in [2.45, 2.75) is 6.92 Å². The molecule has 0 aliphatic carbocycles. The smallest absolute Gasteiger partial charge is 0.308 e. The lowest BCUT2D eigenvalue weighted by Gasteiger charge is -2.12. The summed E-state index contributed by atoms with van der Waals surface area (Å²) in [5, 5.41) is 2.16. The van der Waals surface area contributed by atoms with Crippen molar-refractivity contribution in [3.63, 3.8) is 0 Å². The molecule has 0 fully saturated rings. The molecule has 0 saturated heterocycles. The van der Waals surface area contributed by atoms with E-state index in [0.717, 1.165) is 32.9 Å². The molecule has 1 heterocycles. The molecule has 0 N–H and O–H groups in total. The number of rotatable bonds is 2. The third-order valence-electron chi connectivity index (χ3n) is 3.97. The highest BCUT2D eigenvalue weighted by atomic mass is 16.5. The van der Waals surface area contributed by atoms with Gasteiger partial charge in [-0.05, 0) is 29.8 Å². The Morgan fingerprint density at radius 2 is 1.46 bits per heavy atom.